The molecule has 3 atom stereocenters. The smallest absolute Gasteiger partial charge is 0.421 e. The second-order valence-corrected chi connectivity index (χ2v) is 8.96. The molecule has 2 aromatic rings. The van der Waals surface area contributed by atoms with Crippen molar-refractivity contribution in [3.8, 4) is 5.75 Å². The molecule has 1 unspecified atom stereocenters. The summed E-state index contributed by atoms with van der Waals surface area (Å²) >= 11 is 0. The van der Waals surface area contributed by atoms with Crippen molar-refractivity contribution in [1.29, 1.82) is 0 Å². The quantitative estimate of drug-likeness (QED) is 0.498. The zero-order valence-electron chi connectivity index (χ0n) is 19.8. The van der Waals surface area contributed by atoms with Gasteiger partial charge in [0.2, 0.25) is 5.95 Å². The molecule has 35 heavy (non-hydrogen) atoms. The standard InChI is InChI=1S/C22H29F3N6O4/c1-4-34-20(32)14-7-13(14)16-17(35-10-12-5-6-33-9-12)19(31(30-16)11(2)3)29-21-27-8-15(18(26)28-21)22(23,24)25/h8,11-14H,4-7,9-10H2,1-3H3,(H3,26,27,28,29)/t12-,13?,14+/m0/s1. The molecule has 10 nitrogen and oxygen atoms in total. The SMILES string of the molecule is CCOC(=O)[C@@H]1CC1c1nn(C(C)C)c(Nc2ncc(C(F)(F)F)c(N)n2)c1OC[C@H]1CCOC1. The molecule has 0 radical (unpaired) electrons. The lowest BCUT2D eigenvalue weighted by atomic mass is 10.1. The van der Waals surface area contributed by atoms with Gasteiger partial charge in [0.25, 0.3) is 0 Å². The van der Waals surface area contributed by atoms with Gasteiger partial charge in [0.15, 0.2) is 11.6 Å². The number of esters is 1. The molecule has 2 aliphatic rings. The number of nitrogens with two attached hydrogens (primary N) is 1. The molecule has 0 bridgehead atoms. The van der Waals surface area contributed by atoms with Crippen molar-refractivity contribution in [3.63, 3.8) is 0 Å². The van der Waals surface area contributed by atoms with Gasteiger partial charge in [-0.05, 0) is 33.6 Å². The number of nitrogen functional groups attached to an aromatic ring is 1. The Morgan fingerprint density at radius 3 is 2.77 bits per heavy atom. The molecule has 3 N–H and O–H groups in total. The van der Waals surface area contributed by atoms with Crippen LogP contribution in [0.15, 0.2) is 6.20 Å². The number of halogens is 3. The number of ether oxygens (including phenoxy) is 3. The zero-order chi connectivity index (χ0) is 25.3. The minimum absolute atomic E-state index is 0.129. The molecule has 0 amide bonds. The number of nitrogens with one attached hydrogen (secondary N) is 1. The van der Waals surface area contributed by atoms with Crippen LogP contribution in [-0.2, 0) is 20.4 Å². The van der Waals surface area contributed by atoms with Crippen molar-refractivity contribution in [2.45, 2.75) is 51.7 Å². The van der Waals surface area contributed by atoms with Gasteiger partial charge in [-0.3, -0.25) is 4.79 Å². The van der Waals surface area contributed by atoms with Crippen LogP contribution in [-0.4, -0.2) is 52.1 Å². The molecular formula is C22H29F3N6O4. The van der Waals surface area contributed by atoms with Gasteiger partial charge in [0.05, 0.1) is 25.7 Å². The summed E-state index contributed by atoms with van der Waals surface area (Å²) in [4.78, 5) is 19.9. The highest BCUT2D eigenvalue weighted by molar-refractivity contribution is 5.78. The molecular weight excluding hydrogens is 469 g/mol. The fraction of sp³-hybridized carbons (Fsp3) is 0.636. The van der Waals surface area contributed by atoms with E-state index in [-0.39, 0.29) is 42.3 Å². The molecule has 1 aliphatic heterocycles. The van der Waals surface area contributed by atoms with E-state index in [1.165, 1.54) is 0 Å². The Hall–Kier alpha value is -3.09. The number of rotatable bonds is 9. The van der Waals surface area contributed by atoms with Gasteiger partial charge in [-0.2, -0.15) is 23.3 Å². The van der Waals surface area contributed by atoms with Crippen LogP contribution >= 0.6 is 0 Å². The monoisotopic (exact) mass is 498 g/mol. The first-order chi connectivity index (χ1) is 16.6. The maximum atomic E-state index is 13.1. The summed E-state index contributed by atoms with van der Waals surface area (Å²) in [5.41, 5.74) is 5.02. The molecule has 2 aromatic heterocycles. The molecule has 3 heterocycles. The van der Waals surface area contributed by atoms with Gasteiger partial charge in [-0.1, -0.05) is 0 Å². The normalized spacial score (nSPS) is 21.9. The predicted molar refractivity (Wildman–Crippen MR) is 119 cm³/mol. The largest absolute Gasteiger partial charge is 0.487 e. The number of carbonyl (C=O) groups is 1. The van der Waals surface area contributed by atoms with Gasteiger partial charge in [-0.15, -0.1) is 0 Å². The van der Waals surface area contributed by atoms with Gasteiger partial charge in [0.1, 0.15) is 17.1 Å². The van der Waals surface area contributed by atoms with Crippen molar-refractivity contribution >= 4 is 23.6 Å². The van der Waals surface area contributed by atoms with E-state index in [4.69, 9.17) is 25.0 Å². The molecule has 1 saturated heterocycles. The summed E-state index contributed by atoms with van der Waals surface area (Å²) in [6, 6.07) is -0.144. The Bertz CT molecular complexity index is 1070. The fourth-order valence-electron chi connectivity index (χ4n) is 4.01. The van der Waals surface area contributed by atoms with E-state index in [2.05, 4.69) is 15.3 Å². The molecule has 1 aliphatic carbocycles. The van der Waals surface area contributed by atoms with E-state index >= 15 is 0 Å². The van der Waals surface area contributed by atoms with Gasteiger partial charge in [-0.25, -0.2) is 9.67 Å². The summed E-state index contributed by atoms with van der Waals surface area (Å²) in [6.07, 6.45) is -2.61. The molecule has 0 spiro atoms. The van der Waals surface area contributed by atoms with E-state index in [0.29, 0.717) is 49.7 Å². The van der Waals surface area contributed by atoms with Crippen molar-refractivity contribution in [1.82, 2.24) is 19.7 Å². The summed E-state index contributed by atoms with van der Waals surface area (Å²) in [6.45, 7) is 7.42. The van der Waals surface area contributed by atoms with Crippen LogP contribution < -0.4 is 15.8 Å². The third-order valence-corrected chi connectivity index (χ3v) is 5.95. The lowest BCUT2D eigenvalue weighted by Crippen LogP contribution is -2.15. The minimum atomic E-state index is -4.67. The number of carbonyl (C=O) groups excluding carboxylic acids is 1. The molecule has 4 rings (SSSR count). The first kappa shape index (κ1) is 25.0. The Labute approximate surface area is 200 Å². The van der Waals surface area contributed by atoms with E-state index in [0.717, 1.165) is 6.42 Å². The lowest BCUT2D eigenvalue weighted by molar-refractivity contribution is -0.144. The second kappa shape index (κ2) is 9.88. The highest BCUT2D eigenvalue weighted by Gasteiger charge is 2.49. The van der Waals surface area contributed by atoms with Crippen LogP contribution in [0.4, 0.5) is 30.8 Å². The molecule has 192 valence electrons. The second-order valence-electron chi connectivity index (χ2n) is 8.96. The topological polar surface area (TPSA) is 126 Å². The molecule has 1 saturated carbocycles. The van der Waals surface area contributed by atoms with Gasteiger partial charge < -0.3 is 25.3 Å². The van der Waals surface area contributed by atoms with Crippen molar-refractivity contribution in [2.24, 2.45) is 11.8 Å². The van der Waals surface area contributed by atoms with Crippen molar-refractivity contribution in [3.05, 3.63) is 17.5 Å². The van der Waals surface area contributed by atoms with Crippen LogP contribution in [0.3, 0.4) is 0 Å². The average molecular weight is 499 g/mol. The number of anilines is 3. The number of hydrogen-bond donors (Lipinski definition) is 2. The van der Waals surface area contributed by atoms with Crippen LogP contribution in [0.5, 0.6) is 5.75 Å². The van der Waals surface area contributed by atoms with Crippen LogP contribution in [0.2, 0.25) is 0 Å². The van der Waals surface area contributed by atoms with Crippen LogP contribution in [0.25, 0.3) is 0 Å². The van der Waals surface area contributed by atoms with E-state index < -0.39 is 17.6 Å². The van der Waals surface area contributed by atoms with E-state index in [1.807, 2.05) is 13.8 Å². The highest BCUT2D eigenvalue weighted by Crippen LogP contribution is 2.53. The Morgan fingerprint density at radius 2 is 2.17 bits per heavy atom. The van der Waals surface area contributed by atoms with Gasteiger partial charge >= 0.3 is 12.1 Å². The average Bonchev–Trinajstić information content (AvgIpc) is 3.23. The first-order valence-electron chi connectivity index (χ1n) is 11.6. The molecule has 2 fully saturated rings. The molecule has 13 heteroatoms. The maximum Gasteiger partial charge on any atom is 0.421 e. The summed E-state index contributed by atoms with van der Waals surface area (Å²) in [5.74, 6) is -0.656. The summed E-state index contributed by atoms with van der Waals surface area (Å²) in [5, 5.41) is 7.66. The number of nitrogens with zero attached hydrogens (tertiary/aromatic N) is 4. The lowest BCUT2D eigenvalue weighted by Gasteiger charge is -2.16. The first-order valence-corrected chi connectivity index (χ1v) is 11.6. The Balaban J connectivity index is 1.68. The molecule has 0 aromatic carbocycles. The minimum Gasteiger partial charge on any atom is -0.487 e. The Morgan fingerprint density at radius 1 is 1.40 bits per heavy atom. The van der Waals surface area contributed by atoms with Gasteiger partial charge in [0, 0.05) is 30.7 Å². The van der Waals surface area contributed by atoms with E-state index in [1.54, 1.807) is 11.6 Å². The highest BCUT2D eigenvalue weighted by atomic mass is 19.4. The van der Waals surface area contributed by atoms with Crippen LogP contribution in [0.1, 0.15) is 56.8 Å². The third kappa shape index (κ3) is 5.44. The van der Waals surface area contributed by atoms with E-state index in [9.17, 15) is 18.0 Å². The third-order valence-electron chi connectivity index (χ3n) is 5.95. The Kier molecular flexibility index (Phi) is 7.06. The predicted octanol–water partition coefficient (Wildman–Crippen LogP) is 3.68. The number of hydrogen-bond acceptors (Lipinski definition) is 9. The zero-order valence-corrected chi connectivity index (χ0v) is 19.8. The number of aromatic nitrogens is 4. The van der Waals surface area contributed by atoms with Crippen molar-refractivity contribution < 1.29 is 32.2 Å². The van der Waals surface area contributed by atoms with Crippen LogP contribution in [0, 0.1) is 11.8 Å². The summed E-state index contributed by atoms with van der Waals surface area (Å²) in [7, 11) is 0. The fourth-order valence-corrected chi connectivity index (χ4v) is 4.01. The van der Waals surface area contributed by atoms with Crippen molar-refractivity contribution in [2.75, 3.05) is 37.5 Å². The maximum absolute atomic E-state index is 13.1. The summed E-state index contributed by atoms with van der Waals surface area (Å²) < 4.78 is 57.7. The number of alkyl halides is 3.